The second kappa shape index (κ2) is 8.94. The van der Waals surface area contributed by atoms with Gasteiger partial charge in [-0.25, -0.2) is 4.98 Å². The van der Waals surface area contributed by atoms with Gasteiger partial charge < -0.3 is 15.5 Å². The van der Waals surface area contributed by atoms with E-state index in [0.29, 0.717) is 13.1 Å². The van der Waals surface area contributed by atoms with E-state index in [0.717, 1.165) is 17.7 Å². The van der Waals surface area contributed by atoms with Crippen LogP contribution in [0.25, 0.3) is 0 Å². The molecule has 0 radical (unpaired) electrons. The summed E-state index contributed by atoms with van der Waals surface area (Å²) in [5.74, 6) is -0.584. The summed E-state index contributed by atoms with van der Waals surface area (Å²) in [7, 11) is 3.87. The third kappa shape index (κ3) is 6.00. The molecule has 0 bridgehead atoms. The van der Waals surface area contributed by atoms with Crippen LogP contribution in [0, 0.1) is 6.92 Å². The molecule has 132 valence electrons. The highest BCUT2D eigenvalue weighted by Crippen LogP contribution is 2.05. The van der Waals surface area contributed by atoms with Crippen LogP contribution in [0.5, 0.6) is 0 Å². The number of hydrogen-bond acceptors (Lipinski definition) is 4. The van der Waals surface area contributed by atoms with Gasteiger partial charge in [0, 0.05) is 19.6 Å². The molecule has 2 N–H and O–H groups in total. The number of hydrogen-bond donors (Lipinski definition) is 2. The summed E-state index contributed by atoms with van der Waals surface area (Å²) in [4.78, 5) is 30.5. The summed E-state index contributed by atoms with van der Waals surface area (Å²) in [6.07, 6.45) is 0. The average Bonchev–Trinajstić information content (AvgIpc) is 2.59. The first-order valence-electron chi connectivity index (χ1n) is 8.19. The minimum absolute atomic E-state index is 0.230. The van der Waals surface area contributed by atoms with Gasteiger partial charge in [0.05, 0.1) is 0 Å². The first kappa shape index (κ1) is 18.6. The van der Waals surface area contributed by atoms with Crippen LogP contribution < -0.4 is 10.6 Å². The minimum atomic E-state index is -0.301. The fourth-order valence-electron chi connectivity index (χ4n) is 2.27. The lowest BCUT2D eigenvalue weighted by molar-refractivity contribution is 0.0941. The minimum Gasteiger partial charge on any atom is -0.349 e. The second-order valence-corrected chi connectivity index (χ2v) is 6.14. The molecular formula is C19H24N4O2. The van der Waals surface area contributed by atoms with E-state index in [4.69, 9.17) is 0 Å². The molecule has 0 spiro atoms. The Morgan fingerprint density at radius 2 is 1.64 bits per heavy atom. The zero-order valence-corrected chi connectivity index (χ0v) is 14.9. The van der Waals surface area contributed by atoms with Crippen LogP contribution in [0.3, 0.4) is 0 Å². The molecule has 1 aromatic heterocycles. The molecule has 25 heavy (non-hydrogen) atoms. The van der Waals surface area contributed by atoms with Gasteiger partial charge in [-0.05, 0) is 38.7 Å². The molecule has 2 amide bonds. The maximum absolute atomic E-state index is 12.3. The Kier molecular flexibility index (Phi) is 6.65. The molecule has 0 fully saturated rings. The van der Waals surface area contributed by atoms with Crippen LogP contribution in [0.2, 0.25) is 0 Å². The predicted molar refractivity (Wildman–Crippen MR) is 97.5 cm³/mol. The molecule has 0 atom stereocenters. The van der Waals surface area contributed by atoms with Crippen LogP contribution in [0.1, 0.15) is 32.1 Å². The van der Waals surface area contributed by atoms with Crippen molar-refractivity contribution in [2.45, 2.75) is 13.5 Å². The van der Waals surface area contributed by atoms with E-state index < -0.39 is 0 Å². The van der Waals surface area contributed by atoms with Gasteiger partial charge in [-0.2, -0.15) is 0 Å². The van der Waals surface area contributed by atoms with E-state index in [-0.39, 0.29) is 23.2 Å². The fraction of sp³-hybridized carbons (Fsp3) is 0.316. The maximum atomic E-state index is 12.3. The number of pyridine rings is 1. The third-order valence-electron chi connectivity index (χ3n) is 3.59. The largest absolute Gasteiger partial charge is 0.349 e. The maximum Gasteiger partial charge on any atom is 0.270 e. The number of carbonyl (C=O) groups is 2. The highest BCUT2D eigenvalue weighted by atomic mass is 16.2. The van der Waals surface area contributed by atoms with Crippen molar-refractivity contribution in [2.24, 2.45) is 0 Å². The van der Waals surface area contributed by atoms with E-state index in [1.165, 1.54) is 0 Å². The van der Waals surface area contributed by atoms with Gasteiger partial charge in [0.1, 0.15) is 11.4 Å². The van der Waals surface area contributed by atoms with E-state index in [1.807, 2.05) is 50.2 Å². The average molecular weight is 340 g/mol. The van der Waals surface area contributed by atoms with Crippen molar-refractivity contribution in [3.8, 4) is 0 Å². The van der Waals surface area contributed by atoms with E-state index in [1.54, 1.807) is 18.2 Å². The van der Waals surface area contributed by atoms with Crippen LogP contribution >= 0.6 is 0 Å². The lowest BCUT2D eigenvalue weighted by Crippen LogP contribution is -2.32. The lowest BCUT2D eigenvalue weighted by atomic mass is 10.1. The molecule has 6 nitrogen and oxygen atoms in total. The van der Waals surface area contributed by atoms with Gasteiger partial charge in [-0.3, -0.25) is 9.59 Å². The van der Waals surface area contributed by atoms with Crippen LogP contribution in [0.4, 0.5) is 0 Å². The van der Waals surface area contributed by atoms with Crippen molar-refractivity contribution >= 4 is 11.8 Å². The Balaban J connectivity index is 1.95. The summed E-state index contributed by atoms with van der Waals surface area (Å²) >= 11 is 0. The van der Waals surface area contributed by atoms with Crippen molar-refractivity contribution in [1.29, 1.82) is 0 Å². The Labute approximate surface area is 148 Å². The SMILES string of the molecule is Cc1cccc(CNC(=O)c2cccc(C(=O)NCCN(C)C)n2)c1. The predicted octanol–water partition coefficient (Wildman–Crippen LogP) is 1.61. The van der Waals surface area contributed by atoms with Gasteiger partial charge in [-0.1, -0.05) is 35.9 Å². The van der Waals surface area contributed by atoms with Gasteiger partial charge in [0.15, 0.2) is 0 Å². The van der Waals surface area contributed by atoms with Crippen molar-refractivity contribution in [3.05, 3.63) is 65.0 Å². The van der Waals surface area contributed by atoms with Crippen molar-refractivity contribution in [1.82, 2.24) is 20.5 Å². The van der Waals surface area contributed by atoms with Crippen LogP contribution in [-0.2, 0) is 6.54 Å². The Bertz CT molecular complexity index is 744. The van der Waals surface area contributed by atoms with Gasteiger partial charge in [-0.15, -0.1) is 0 Å². The zero-order valence-electron chi connectivity index (χ0n) is 14.9. The summed E-state index contributed by atoms with van der Waals surface area (Å²) < 4.78 is 0. The molecule has 0 saturated carbocycles. The van der Waals surface area contributed by atoms with Gasteiger partial charge in [0.25, 0.3) is 11.8 Å². The highest BCUT2D eigenvalue weighted by Gasteiger charge is 2.12. The van der Waals surface area contributed by atoms with Crippen molar-refractivity contribution in [3.63, 3.8) is 0 Å². The number of nitrogens with one attached hydrogen (secondary N) is 2. The number of carbonyl (C=O) groups excluding carboxylic acids is 2. The normalized spacial score (nSPS) is 10.6. The molecule has 2 rings (SSSR count). The van der Waals surface area contributed by atoms with E-state index >= 15 is 0 Å². The molecule has 0 saturated heterocycles. The molecule has 1 aromatic carbocycles. The molecule has 0 unspecified atom stereocenters. The summed E-state index contributed by atoms with van der Waals surface area (Å²) in [5.41, 5.74) is 2.63. The number of likely N-dealkylation sites (N-methyl/N-ethyl adjacent to an activating group) is 1. The topological polar surface area (TPSA) is 74.3 Å². The summed E-state index contributed by atoms with van der Waals surface area (Å²) in [6, 6.07) is 12.8. The first-order valence-corrected chi connectivity index (χ1v) is 8.19. The number of rotatable bonds is 7. The molecule has 0 aliphatic rings. The Morgan fingerprint density at radius 3 is 2.28 bits per heavy atom. The van der Waals surface area contributed by atoms with E-state index in [9.17, 15) is 9.59 Å². The Hall–Kier alpha value is -2.73. The van der Waals surface area contributed by atoms with Crippen LogP contribution in [-0.4, -0.2) is 48.9 Å². The molecule has 0 aliphatic heterocycles. The molecular weight excluding hydrogens is 316 g/mol. The van der Waals surface area contributed by atoms with Crippen molar-refractivity contribution < 1.29 is 9.59 Å². The van der Waals surface area contributed by atoms with Gasteiger partial charge in [0.2, 0.25) is 0 Å². The number of aromatic nitrogens is 1. The second-order valence-electron chi connectivity index (χ2n) is 6.14. The number of benzene rings is 1. The standard InChI is InChI=1S/C19H24N4O2/c1-14-6-4-7-15(12-14)13-21-19(25)17-9-5-8-16(22-17)18(24)20-10-11-23(2)3/h4-9,12H,10-11,13H2,1-3H3,(H,20,24)(H,21,25). The number of nitrogens with zero attached hydrogens (tertiary/aromatic N) is 2. The fourth-order valence-corrected chi connectivity index (χ4v) is 2.27. The van der Waals surface area contributed by atoms with Gasteiger partial charge >= 0.3 is 0 Å². The zero-order chi connectivity index (χ0) is 18.2. The molecule has 0 aliphatic carbocycles. The number of aryl methyl sites for hydroxylation is 1. The highest BCUT2D eigenvalue weighted by molar-refractivity contribution is 5.96. The quantitative estimate of drug-likeness (QED) is 0.803. The smallest absolute Gasteiger partial charge is 0.270 e. The van der Waals surface area contributed by atoms with E-state index in [2.05, 4.69) is 15.6 Å². The Morgan fingerprint density at radius 1 is 1.00 bits per heavy atom. The number of amides is 2. The lowest BCUT2D eigenvalue weighted by Gasteiger charge is -2.10. The molecule has 2 aromatic rings. The first-order chi connectivity index (χ1) is 12.0. The van der Waals surface area contributed by atoms with Crippen LogP contribution in [0.15, 0.2) is 42.5 Å². The summed E-state index contributed by atoms with van der Waals surface area (Å²) in [5, 5.41) is 5.61. The monoisotopic (exact) mass is 340 g/mol. The molecule has 1 heterocycles. The third-order valence-corrected chi connectivity index (χ3v) is 3.59. The molecule has 6 heteroatoms. The summed E-state index contributed by atoms with van der Waals surface area (Å²) in [6.45, 7) is 3.69. The van der Waals surface area contributed by atoms with Crippen molar-refractivity contribution in [2.75, 3.05) is 27.2 Å².